The molecule has 0 bridgehead atoms. The highest BCUT2D eigenvalue weighted by Crippen LogP contribution is 2.19. The van der Waals surface area contributed by atoms with Crippen molar-refractivity contribution in [2.75, 3.05) is 17.2 Å². The molecule has 0 atom stereocenters. The molecule has 0 aliphatic carbocycles. The Balaban J connectivity index is 1.56. The minimum atomic E-state index is -0.269. The molecule has 1 aromatic heterocycles. The molecule has 6 heteroatoms. The number of hydrogen-bond acceptors (Lipinski definition) is 4. The van der Waals surface area contributed by atoms with Crippen LogP contribution in [0.4, 0.5) is 11.4 Å². The van der Waals surface area contributed by atoms with E-state index in [1.54, 1.807) is 30.3 Å². The monoisotopic (exact) mass is 380 g/mol. The molecule has 0 saturated carbocycles. The molecule has 138 valence electrons. The molecule has 2 aromatic carbocycles. The van der Waals surface area contributed by atoms with Crippen molar-refractivity contribution in [3.05, 3.63) is 76.0 Å². The Morgan fingerprint density at radius 1 is 0.926 bits per heavy atom. The second-order valence-corrected chi connectivity index (χ2v) is 7.04. The van der Waals surface area contributed by atoms with E-state index in [4.69, 9.17) is 4.74 Å². The van der Waals surface area contributed by atoms with Gasteiger partial charge in [-0.25, -0.2) is 0 Å². The Morgan fingerprint density at radius 3 is 2.41 bits per heavy atom. The molecule has 2 N–H and O–H groups in total. The average Bonchev–Trinajstić information content (AvgIpc) is 3.18. The van der Waals surface area contributed by atoms with Gasteiger partial charge >= 0.3 is 0 Å². The van der Waals surface area contributed by atoms with Gasteiger partial charge in [0, 0.05) is 11.4 Å². The summed E-state index contributed by atoms with van der Waals surface area (Å²) < 4.78 is 5.54. The maximum absolute atomic E-state index is 12.1. The predicted molar refractivity (Wildman–Crippen MR) is 109 cm³/mol. The topological polar surface area (TPSA) is 67.4 Å². The summed E-state index contributed by atoms with van der Waals surface area (Å²) in [4.78, 5) is 24.9. The highest BCUT2D eigenvalue weighted by atomic mass is 32.1. The smallest absolute Gasteiger partial charge is 0.265 e. The minimum Gasteiger partial charge on any atom is -0.484 e. The fourth-order valence-electron chi connectivity index (χ4n) is 2.42. The van der Waals surface area contributed by atoms with Gasteiger partial charge in [0.1, 0.15) is 5.75 Å². The van der Waals surface area contributed by atoms with Crippen LogP contribution in [0.3, 0.4) is 0 Å². The zero-order valence-electron chi connectivity index (χ0n) is 15.1. The number of benzene rings is 2. The molecule has 0 fully saturated rings. The van der Waals surface area contributed by atoms with Gasteiger partial charge in [0.15, 0.2) is 6.61 Å². The van der Waals surface area contributed by atoms with Crippen molar-refractivity contribution in [2.45, 2.75) is 13.8 Å². The van der Waals surface area contributed by atoms with Crippen LogP contribution in [0.15, 0.2) is 60.0 Å². The third kappa shape index (κ3) is 5.18. The van der Waals surface area contributed by atoms with Crippen LogP contribution in [0, 0.1) is 13.8 Å². The lowest BCUT2D eigenvalue weighted by Gasteiger charge is -2.10. The molecule has 0 spiro atoms. The Labute approximate surface area is 162 Å². The molecule has 0 aliphatic heterocycles. The number of aryl methyl sites for hydroxylation is 2. The number of carbonyl (C=O) groups is 2. The summed E-state index contributed by atoms with van der Waals surface area (Å²) in [6.07, 6.45) is 0. The first kappa shape index (κ1) is 18.7. The van der Waals surface area contributed by atoms with Gasteiger partial charge in [0.25, 0.3) is 11.8 Å². The molecule has 27 heavy (non-hydrogen) atoms. The minimum absolute atomic E-state index is 0.0890. The van der Waals surface area contributed by atoms with Gasteiger partial charge in [-0.1, -0.05) is 18.2 Å². The molecular weight excluding hydrogens is 360 g/mol. The van der Waals surface area contributed by atoms with Crippen molar-refractivity contribution < 1.29 is 14.3 Å². The van der Waals surface area contributed by atoms with Crippen LogP contribution in [0.2, 0.25) is 0 Å². The molecule has 0 radical (unpaired) electrons. The summed E-state index contributed by atoms with van der Waals surface area (Å²) in [6.45, 7) is 3.93. The predicted octanol–water partition coefficient (Wildman–Crippen LogP) is 4.63. The second-order valence-electron chi connectivity index (χ2n) is 6.10. The van der Waals surface area contributed by atoms with Crippen molar-refractivity contribution in [2.24, 2.45) is 0 Å². The quantitative estimate of drug-likeness (QED) is 0.655. The number of rotatable bonds is 6. The molecule has 3 rings (SSSR count). The van der Waals surface area contributed by atoms with Gasteiger partial charge in [-0.3, -0.25) is 9.59 Å². The Hall–Kier alpha value is -3.12. The van der Waals surface area contributed by atoms with E-state index in [2.05, 4.69) is 10.6 Å². The van der Waals surface area contributed by atoms with E-state index >= 15 is 0 Å². The van der Waals surface area contributed by atoms with Crippen LogP contribution in [-0.4, -0.2) is 18.4 Å². The van der Waals surface area contributed by atoms with Crippen molar-refractivity contribution in [3.63, 3.8) is 0 Å². The first-order chi connectivity index (χ1) is 13.0. The van der Waals surface area contributed by atoms with Gasteiger partial charge in [-0.2, -0.15) is 0 Å². The van der Waals surface area contributed by atoms with Crippen LogP contribution in [0.25, 0.3) is 0 Å². The summed E-state index contributed by atoms with van der Waals surface area (Å²) in [6, 6.07) is 16.3. The maximum Gasteiger partial charge on any atom is 0.265 e. The zero-order valence-corrected chi connectivity index (χ0v) is 15.9. The number of carbonyl (C=O) groups excluding carboxylic acids is 2. The van der Waals surface area contributed by atoms with Crippen LogP contribution in [0.5, 0.6) is 5.75 Å². The lowest BCUT2D eigenvalue weighted by Crippen LogP contribution is -2.20. The van der Waals surface area contributed by atoms with Crippen LogP contribution in [0.1, 0.15) is 20.8 Å². The third-order valence-corrected chi connectivity index (χ3v) is 4.87. The molecule has 5 nitrogen and oxygen atoms in total. The van der Waals surface area contributed by atoms with E-state index in [-0.39, 0.29) is 18.4 Å². The number of hydrogen-bond donors (Lipinski definition) is 2. The van der Waals surface area contributed by atoms with Crippen molar-refractivity contribution in [3.8, 4) is 5.75 Å². The molecule has 1 heterocycles. The number of amides is 2. The van der Waals surface area contributed by atoms with Gasteiger partial charge in [-0.15, -0.1) is 11.3 Å². The van der Waals surface area contributed by atoms with Crippen LogP contribution >= 0.6 is 11.3 Å². The average molecular weight is 380 g/mol. The molecule has 0 unspecified atom stereocenters. The fraction of sp³-hybridized carbons (Fsp3) is 0.143. The van der Waals surface area contributed by atoms with E-state index in [0.717, 1.165) is 5.56 Å². The number of ether oxygens (including phenoxy) is 1. The van der Waals surface area contributed by atoms with Crippen molar-refractivity contribution in [1.82, 2.24) is 0 Å². The molecule has 3 aromatic rings. The summed E-state index contributed by atoms with van der Waals surface area (Å²) in [5.41, 5.74) is 3.49. The number of nitrogens with one attached hydrogen (secondary N) is 2. The van der Waals surface area contributed by atoms with E-state index in [0.29, 0.717) is 22.0 Å². The SMILES string of the molecule is Cc1ccc(OCC(=O)Nc2cccc(NC(=O)c3cccs3)c2)cc1C. The van der Waals surface area contributed by atoms with Gasteiger partial charge in [0.2, 0.25) is 0 Å². The van der Waals surface area contributed by atoms with E-state index in [1.165, 1.54) is 16.9 Å². The third-order valence-electron chi connectivity index (χ3n) is 4.00. The highest BCUT2D eigenvalue weighted by Gasteiger charge is 2.09. The Kier molecular flexibility index (Phi) is 5.88. The fourth-order valence-corrected chi connectivity index (χ4v) is 3.04. The zero-order chi connectivity index (χ0) is 19.2. The van der Waals surface area contributed by atoms with Crippen LogP contribution in [-0.2, 0) is 4.79 Å². The van der Waals surface area contributed by atoms with Gasteiger partial charge in [-0.05, 0) is 66.8 Å². The number of thiophene rings is 1. The number of anilines is 2. The molecule has 0 saturated heterocycles. The largest absolute Gasteiger partial charge is 0.484 e. The maximum atomic E-state index is 12.1. The van der Waals surface area contributed by atoms with Crippen molar-refractivity contribution >= 4 is 34.5 Å². The standard InChI is InChI=1S/C21H20N2O3S/c1-14-8-9-18(11-15(14)2)26-13-20(24)22-16-5-3-6-17(12-16)23-21(25)19-7-4-10-27-19/h3-12H,13H2,1-2H3,(H,22,24)(H,23,25). The van der Waals surface area contributed by atoms with Crippen molar-refractivity contribution in [1.29, 1.82) is 0 Å². The van der Waals surface area contributed by atoms with Gasteiger partial charge < -0.3 is 15.4 Å². The first-order valence-electron chi connectivity index (χ1n) is 8.46. The second kappa shape index (κ2) is 8.51. The first-order valence-corrected chi connectivity index (χ1v) is 9.34. The lowest BCUT2D eigenvalue weighted by molar-refractivity contribution is -0.118. The van der Waals surface area contributed by atoms with Crippen LogP contribution < -0.4 is 15.4 Å². The van der Waals surface area contributed by atoms with E-state index < -0.39 is 0 Å². The Morgan fingerprint density at radius 2 is 1.70 bits per heavy atom. The summed E-state index contributed by atoms with van der Waals surface area (Å²) in [7, 11) is 0. The molecule has 0 aliphatic rings. The Bertz CT molecular complexity index is 952. The van der Waals surface area contributed by atoms with Gasteiger partial charge in [0.05, 0.1) is 4.88 Å². The molecular formula is C21H20N2O3S. The van der Waals surface area contributed by atoms with E-state index in [9.17, 15) is 9.59 Å². The van der Waals surface area contributed by atoms with E-state index in [1.807, 2.05) is 43.5 Å². The summed E-state index contributed by atoms with van der Waals surface area (Å²) in [5.74, 6) is 0.215. The summed E-state index contributed by atoms with van der Waals surface area (Å²) >= 11 is 1.37. The lowest BCUT2D eigenvalue weighted by atomic mass is 10.1. The highest BCUT2D eigenvalue weighted by molar-refractivity contribution is 7.12. The summed E-state index contributed by atoms with van der Waals surface area (Å²) in [5, 5.41) is 7.44. The normalized spacial score (nSPS) is 10.3. The molecule has 2 amide bonds.